The fourth-order valence-corrected chi connectivity index (χ4v) is 1.89. The number of carbonyl (C=O) groups is 2. The van der Waals surface area contributed by atoms with Crippen molar-refractivity contribution in [2.75, 3.05) is 6.54 Å². The molecule has 110 valence electrons. The van der Waals surface area contributed by atoms with E-state index in [2.05, 4.69) is 0 Å². The van der Waals surface area contributed by atoms with Crippen LogP contribution in [-0.2, 0) is 16.1 Å². The van der Waals surface area contributed by atoms with Crippen LogP contribution in [0.2, 0.25) is 0 Å². The summed E-state index contributed by atoms with van der Waals surface area (Å²) in [6, 6.07) is 5.72. The number of hydrogen-bond acceptors (Lipinski definition) is 2. The molecule has 20 heavy (non-hydrogen) atoms. The van der Waals surface area contributed by atoms with Gasteiger partial charge in [0.15, 0.2) is 0 Å². The number of carbonyl (C=O) groups excluding carboxylic acids is 1. The molecule has 0 heterocycles. The Labute approximate surface area is 118 Å². The Morgan fingerprint density at radius 2 is 1.85 bits per heavy atom. The molecule has 0 aliphatic carbocycles. The van der Waals surface area contributed by atoms with Crippen molar-refractivity contribution in [2.45, 2.75) is 39.2 Å². The highest BCUT2D eigenvalue weighted by molar-refractivity contribution is 5.81. The number of amides is 1. The fraction of sp³-hybridized carbons (Fsp3) is 0.467. The van der Waals surface area contributed by atoms with Gasteiger partial charge in [0, 0.05) is 13.0 Å². The average molecular weight is 281 g/mol. The molecule has 0 saturated heterocycles. The third-order valence-electron chi connectivity index (χ3n) is 2.96. The predicted molar refractivity (Wildman–Crippen MR) is 73.6 cm³/mol. The Morgan fingerprint density at radius 3 is 2.40 bits per heavy atom. The summed E-state index contributed by atoms with van der Waals surface area (Å²) in [5.41, 5.74) is 0.719. The minimum Gasteiger partial charge on any atom is -0.480 e. The third kappa shape index (κ3) is 5.82. The smallest absolute Gasteiger partial charge is 0.323 e. The number of carboxylic acid groups (broad SMARTS) is 1. The highest BCUT2D eigenvalue weighted by Gasteiger charge is 2.16. The van der Waals surface area contributed by atoms with Crippen molar-refractivity contribution in [1.29, 1.82) is 0 Å². The van der Waals surface area contributed by atoms with Crippen LogP contribution in [0.5, 0.6) is 0 Å². The molecule has 1 amide bonds. The number of benzene rings is 1. The van der Waals surface area contributed by atoms with Crippen molar-refractivity contribution in [1.82, 2.24) is 4.90 Å². The maximum Gasteiger partial charge on any atom is 0.323 e. The van der Waals surface area contributed by atoms with E-state index in [-0.39, 0.29) is 24.8 Å². The monoisotopic (exact) mass is 281 g/mol. The normalized spacial score (nSPS) is 10.3. The first-order valence-corrected chi connectivity index (χ1v) is 6.77. The molecule has 4 nitrogen and oxygen atoms in total. The molecule has 1 N–H and O–H groups in total. The van der Waals surface area contributed by atoms with Gasteiger partial charge < -0.3 is 10.0 Å². The number of unbranched alkanes of at least 4 members (excludes halogenated alkanes) is 2. The van der Waals surface area contributed by atoms with Gasteiger partial charge in [0.2, 0.25) is 5.91 Å². The summed E-state index contributed by atoms with van der Waals surface area (Å²) >= 11 is 0. The van der Waals surface area contributed by atoms with Crippen LogP contribution in [0, 0.1) is 5.82 Å². The zero-order valence-electron chi connectivity index (χ0n) is 11.6. The molecule has 0 fully saturated rings. The van der Waals surface area contributed by atoms with Crippen molar-refractivity contribution < 1.29 is 19.1 Å². The van der Waals surface area contributed by atoms with Crippen LogP contribution >= 0.6 is 0 Å². The van der Waals surface area contributed by atoms with E-state index in [4.69, 9.17) is 5.11 Å². The van der Waals surface area contributed by atoms with Gasteiger partial charge in [0.05, 0.1) is 0 Å². The Bertz CT molecular complexity index is 445. The lowest BCUT2D eigenvalue weighted by atomic mass is 10.1. The number of carboxylic acids is 1. The van der Waals surface area contributed by atoms with Crippen molar-refractivity contribution in [2.24, 2.45) is 0 Å². The second kappa shape index (κ2) is 8.30. The average Bonchev–Trinajstić information content (AvgIpc) is 2.40. The molecule has 0 radical (unpaired) electrons. The first kappa shape index (κ1) is 16.1. The Kier molecular flexibility index (Phi) is 6.70. The van der Waals surface area contributed by atoms with Crippen molar-refractivity contribution >= 4 is 11.9 Å². The first-order valence-electron chi connectivity index (χ1n) is 6.77. The van der Waals surface area contributed by atoms with Crippen LogP contribution in [0.25, 0.3) is 0 Å². The molecule has 0 unspecified atom stereocenters. The molecule has 0 saturated carbocycles. The van der Waals surface area contributed by atoms with Crippen molar-refractivity contribution in [3.05, 3.63) is 35.6 Å². The largest absolute Gasteiger partial charge is 0.480 e. The van der Waals surface area contributed by atoms with Gasteiger partial charge in [-0.25, -0.2) is 4.39 Å². The summed E-state index contributed by atoms with van der Waals surface area (Å²) in [4.78, 5) is 24.1. The molecule has 0 atom stereocenters. The number of hydrogen-bond donors (Lipinski definition) is 1. The Balaban J connectivity index is 2.65. The lowest BCUT2D eigenvalue weighted by Crippen LogP contribution is -2.35. The molecule has 0 aliphatic rings. The summed E-state index contributed by atoms with van der Waals surface area (Å²) in [6.07, 6.45) is 3.06. The van der Waals surface area contributed by atoms with Crippen LogP contribution < -0.4 is 0 Å². The van der Waals surface area contributed by atoms with Gasteiger partial charge in [0.25, 0.3) is 0 Å². The Hall–Kier alpha value is -1.91. The van der Waals surface area contributed by atoms with Crippen molar-refractivity contribution in [3.63, 3.8) is 0 Å². The maximum atomic E-state index is 12.8. The predicted octanol–water partition coefficient (Wildman–Crippen LogP) is 2.82. The quantitative estimate of drug-likeness (QED) is 0.745. The molecule has 0 bridgehead atoms. The Morgan fingerprint density at radius 1 is 1.20 bits per heavy atom. The van der Waals surface area contributed by atoms with E-state index >= 15 is 0 Å². The molecule has 1 rings (SSSR count). The zero-order chi connectivity index (χ0) is 15.0. The van der Waals surface area contributed by atoms with E-state index in [1.165, 1.54) is 17.0 Å². The van der Waals surface area contributed by atoms with Gasteiger partial charge in [-0.15, -0.1) is 0 Å². The van der Waals surface area contributed by atoms with E-state index in [0.29, 0.717) is 6.42 Å². The summed E-state index contributed by atoms with van der Waals surface area (Å²) in [6.45, 7) is 1.90. The van der Waals surface area contributed by atoms with E-state index in [1.807, 2.05) is 6.92 Å². The fourth-order valence-electron chi connectivity index (χ4n) is 1.89. The van der Waals surface area contributed by atoms with E-state index in [1.54, 1.807) is 12.1 Å². The van der Waals surface area contributed by atoms with Gasteiger partial charge in [-0.2, -0.15) is 0 Å². The molecule has 1 aromatic rings. The first-order chi connectivity index (χ1) is 9.52. The highest BCUT2D eigenvalue weighted by atomic mass is 19.1. The number of nitrogens with zero attached hydrogens (tertiary/aromatic N) is 1. The van der Waals surface area contributed by atoms with Crippen LogP contribution in [-0.4, -0.2) is 28.4 Å². The van der Waals surface area contributed by atoms with Crippen molar-refractivity contribution in [3.8, 4) is 0 Å². The molecule has 0 spiro atoms. The summed E-state index contributed by atoms with van der Waals surface area (Å²) < 4.78 is 12.8. The zero-order valence-corrected chi connectivity index (χ0v) is 11.6. The second-order valence-electron chi connectivity index (χ2n) is 4.73. The standard InChI is InChI=1S/C15H20FNO3/c1-2-3-4-5-14(18)17(11-15(19)20)10-12-6-8-13(16)9-7-12/h6-9H,2-5,10-11H2,1H3,(H,19,20). The van der Waals surface area contributed by atoms with Gasteiger partial charge in [-0.1, -0.05) is 31.9 Å². The molecular weight excluding hydrogens is 261 g/mol. The maximum absolute atomic E-state index is 12.8. The third-order valence-corrected chi connectivity index (χ3v) is 2.96. The minimum atomic E-state index is -1.05. The lowest BCUT2D eigenvalue weighted by molar-refractivity contribution is -0.145. The second-order valence-corrected chi connectivity index (χ2v) is 4.73. The number of rotatable bonds is 8. The minimum absolute atomic E-state index is 0.176. The summed E-state index contributed by atoms with van der Waals surface area (Å²) in [5.74, 6) is -1.58. The van der Waals surface area contributed by atoms with Crippen LogP contribution in [0.1, 0.15) is 38.2 Å². The van der Waals surface area contributed by atoms with Crippen LogP contribution in [0.3, 0.4) is 0 Å². The topological polar surface area (TPSA) is 57.6 Å². The van der Waals surface area contributed by atoms with E-state index in [0.717, 1.165) is 24.8 Å². The molecule has 5 heteroatoms. The molecule has 0 aromatic heterocycles. The summed E-state index contributed by atoms with van der Waals surface area (Å²) in [7, 11) is 0. The SMILES string of the molecule is CCCCCC(=O)N(CC(=O)O)Cc1ccc(F)cc1. The van der Waals surface area contributed by atoms with E-state index in [9.17, 15) is 14.0 Å². The highest BCUT2D eigenvalue weighted by Crippen LogP contribution is 2.10. The number of halogens is 1. The van der Waals surface area contributed by atoms with E-state index < -0.39 is 5.97 Å². The van der Waals surface area contributed by atoms with Crippen LogP contribution in [0.4, 0.5) is 4.39 Å². The van der Waals surface area contributed by atoms with Crippen LogP contribution in [0.15, 0.2) is 24.3 Å². The van der Waals surface area contributed by atoms with Gasteiger partial charge in [0.1, 0.15) is 12.4 Å². The summed E-state index contributed by atoms with van der Waals surface area (Å²) in [5, 5.41) is 8.87. The lowest BCUT2D eigenvalue weighted by Gasteiger charge is -2.21. The number of aliphatic carboxylic acids is 1. The molecular formula is C15H20FNO3. The van der Waals surface area contributed by atoms with Gasteiger partial charge in [-0.3, -0.25) is 9.59 Å². The van der Waals surface area contributed by atoms with Gasteiger partial charge in [-0.05, 0) is 24.1 Å². The molecule has 0 aliphatic heterocycles. The van der Waals surface area contributed by atoms with Gasteiger partial charge >= 0.3 is 5.97 Å². The molecule has 1 aromatic carbocycles.